The van der Waals surface area contributed by atoms with Gasteiger partial charge in [-0.1, -0.05) is 24.8 Å². The van der Waals surface area contributed by atoms with Crippen molar-refractivity contribution in [2.24, 2.45) is 0 Å². The summed E-state index contributed by atoms with van der Waals surface area (Å²) in [4.78, 5) is 10.1. The monoisotopic (exact) mass is 175 g/mol. The molecule has 0 rings (SSSR count). The Kier molecular flexibility index (Phi) is 5.56. The summed E-state index contributed by atoms with van der Waals surface area (Å²) in [5, 5.41) is 16.6. The van der Waals surface area contributed by atoms with E-state index in [1.165, 1.54) is 12.2 Å². The quantitative estimate of drug-likeness (QED) is 0.402. The summed E-state index contributed by atoms with van der Waals surface area (Å²) in [6.07, 6.45) is 8.31. The molecular formula is C10H9NO2. The fraction of sp³-hybridized carbons (Fsp3) is 0. The van der Waals surface area contributed by atoms with Crippen LogP contribution >= 0.6 is 0 Å². The van der Waals surface area contributed by atoms with Crippen LogP contribution in [0, 0.1) is 11.3 Å². The fourth-order valence-electron chi connectivity index (χ4n) is 0.573. The summed E-state index contributed by atoms with van der Waals surface area (Å²) in [5.74, 6) is -1.05. The maximum absolute atomic E-state index is 10.1. The van der Waals surface area contributed by atoms with Gasteiger partial charge in [-0.3, -0.25) is 0 Å². The molecule has 0 aliphatic rings. The molecule has 0 radical (unpaired) electrons. The zero-order valence-corrected chi connectivity index (χ0v) is 6.97. The van der Waals surface area contributed by atoms with Gasteiger partial charge in [-0.05, 0) is 11.6 Å². The van der Waals surface area contributed by atoms with E-state index < -0.39 is 5.97 Å². The van der Waals surface area contributed by atoms with Crippen LogP contribution in [0.4, 0.5) is 0 Å². The van der Waals surface area contributed by atoms with E-state index >= 15 is 0 Å². The van der Waals surface area contributed by atoms with Crippen LogP contribution in [0.15, 0.2) is 48.6 Å². The molecule has 13 heavy (non-hydrogen) atoms. The van der Waals surface area contributed by atoms with Crippen molar-refractivity contribution in [3.05, 3.63) is 48.6 Å². The number of allylic oxidation sites excluding steroid dienone is 6. The molecule has 0 fully saturated rings. The van der Waals surface area contributed by atoms with Crippen molar-refractivity contribution in [3.63, 3.8) is 0 Å². The summed E-state index contributed by atoms with van der Waals surface area (Å²) in [7, 11) is 0. The molecule has 66 valence electrons. The summed E-state index contributed by atoms with van der Waals surface area (Å²) >= 11 is 0. The maximum atomic E-state index is 10.1. The molecule has 0 saturated heterocycles. The third-order valence-electron chi connectivity index (χ3n) is 1.07. The Bertz CT molecular complexity index is 316. The lowest BCUT2D eigenvalue weighted by Crippen LogP contribution is -1.86. The van der Waals surface area contributed by atoms with Gasteiger partial charge in [0.25, 0.3) is 0 Å². The van der Waals surface area contributed by atoms with Crippen LogP contribution in [0.25, 0.3) is 0 Å². The summed E-state index contributed by atoms with van der Waals surface area (Å²) in [6, 6.07) is 1.81. The molecular weight excluding hydrogens is 166 g/mol. The molecule has 0 aromatic rings. The second-order valence-corrected chi connectivity index (χ2v) is 2.04. The number of hydrogen-bond donors (Lipinski definition) is 1. The van der Waals surface area contributed by atoms with Gasteiger partial charge in [-0.2, -0.15) is 5.26 Å². The van der Waals surface area contributed by atoms with Crippen molar-refractivity contribution in [2.75, 3.05) is 0 Å². The van der Waals surface area contributed by atoms with Gasteiger partial charge in [0.05, 0.1) is 6.07 Å². The van der Waals surface area contributed by atoms with E-state index in [9.17, 15) is 4.79 Å². The van der Waals surface area contributed by atoms with Crippen molar-refractivity contribution >= 4 is 5.97 Å². The van der Waals surface area contributed by atoms with Crippen LogP contribution in [0.2, 0.25) is 0 Å². The second kappa shape index (κ2) is 6.62. The molecule has 0 aliphatic carbocycles. The molecule has 0 unspecified atom stereocenters. The predicted octanol–water partition coefficient (Wildman–Crippen LogP) is 1.82. The summed E-state index contributed by atoms with van der Waals surface area (Å²) < 4.78 is 0. The molecule has 0 atom stereocenters. The molecule has 0 saturated carbocycles. The van der Waals surface area contributed by atoms with Crippen LogP contribution < -0.4 is 0 Å². The topological polar surface area (TPSA) is 61.1 Å². The van der Waals surface area contributed by atoms with Gasteiger partial charge in [-0.25, -0.2) is 4.79 Å². The first-order chi connectivity index (χ1) is 6.20. The molecule has 1 N–H and O–H groups in total. The van der Waals surface area contributed by atoms with Gasteiger partial charge in [-0.15, -0.1) is 0 Å². The Morgan fingerprint density at radius 1 is 1.38 bits per heavy atom. The van der Waals surface area contributed by atoms with Crippen molar-refractivity contribution < 1.29 is 9.90 Å². The van der Waals surface area contributed by atoms with Crippen LogP contribution in [-0.4, -0.2) is 11.1 Å². The minimum absolute atomic E-state index is 0.518. The van der Waals surface area contributed by atoms with E-state index in [0.717, 1.165) is 6.08 Å². The Morgan fingerprint density at radius 3 is 2.54 bits per heavy atom. The second-order valence-electron chi connectivity index (χ2n) is 2.04. The number of hydrogen-bond acceptors (Lipinski definition) is 2. The number of carbonyl (C=O) groups is 1. The van der Waals surface area contributed by atoms with Crippen LogP contribution in [-0.2, 0) is 4.79 Å². The zero-order chi connectivity index (χ0) is 10.1. The van der Waals surface area contributed by atoms with E-state index in [1.807, 2.05) is 6.07 Å². The van der Waals surface area contributed by atoms with E-state index in [0.29, 0.717) is 5.57 Å². The molecule has 0 aromatic heterocycles. The molecule has 0 aromatic carbocycles. The van der Waals surface area contributed by atoms with Gasteiger partial charge in [0.1, 0.15) is 0 Å². The standard InChI is InChI=1S/C10H9NO2/c1-2-3-4-9(7-8-11)5-6-10(12)13/h2-7H,1H2,(H,12,13). The third kappa shape index (κ3) is 6.32. The SMILES string of the molecule is C=CC=CC(C=CC(=O)O)=CC#N. The van der Waals surface area contributed by atoms with Crippen LogP contribution in [0.3, 0.4) is 0 Å². The Labute approximate surface area is 76.6 Å². The van der Waals surface area contributed by atoms with E-state index in [4.69, 9.17) is 10.4 Å². The Balaban J connectivity index is 4.56. The van der Waals surface area contributed by atoms with Crippen LogP contribution in [0.1, 0.15) is 0 Å². The van der Waals surface area contributed by atoms with Crippen molar-refractivity contribution in [3.8, 4) is 6.07 Å². The molecule has 0 aliphatic heterocycles. The smallest absolute Gasteiger partial charge is 0.328 e. The van der Waals surface area contributed by atoms with E-state index in [1.54, 1.807) is 18.2 Å². The number of aliphatic carboxylic acids is 1. The molecule has 0 spiro atoms. The molecule has 0 bridgehead atoms. The fourth-order valence-corrected chi connectivity index (χ4v) is 0.573. The average molecular weight is 175 g/mol. The van der Waals surface area contributed by atoms with Crippen molar-refractivity contribution in [1.82, 2.24) is 0 Å². The molecule has 3 heteroatoms. The minimum atomic E-state index is -1.05. The number of nitrogens with zero attached hydrogens (tertiary/aromatic N) is 1. The normalized spacial score (nSPS) is 11.8. The Morgan fingerprint density at radius 2 is 2.08 bits per heavy atom. The first-order valence-corrected chi connectivity index (χ1v) is 3.50. The lowest BCUT2D eigenvalue weighted by atomic mass is 10.2. The lowest BCUT2D eigenvalue weighted by molar-refractivity contribution is -0.131. The van der Waals surface area contributed by atoms with Gasteiger partial charge in [0.2, 0.25) is 0 Å². The highest BCUT2D eigenvalue weighted by Crippen LogP contribution is 1.98. The largest absolute Gasteiger partial charge is 0.478 e. The van der Waals surface area contributed by atoms with Gasteiger partial charge < -0.3 is 5.11 Å². The highest BCUT2D eigenvalue weighted by molar-refractivity contribution is 5.80. The first kappa shape index (κ1) is 10.9. The summed E-state index contributed by atoms with van der Waals surface area (Å²) in [5.41, 5.74) is 0.518. The van der Waals surface area contributed by atoms with Gasteiger partial charge >= 0.3 is 5.97 Å². The number of nitriles is 1. The highest BCUT2D eigenvalue weighted by atomic mass is 16.4. The van der Waals surface area contributed by atoms with Crippen molar-refractivity contribution in [1.29, 1.82) is 5.26 Å². The molecule has 0 amide bonds. The number of rotatable bonds is 4. The van der Waals surface area contributed by atoms with E-state index in [-0.39, 0.29) is 0 Å². The third-order valence-corrected chi connectivity index (χ3v) is 1.07. The Hall–Kier alpha value is -2.08. The minimum Gasteiger partial charge on any atom is -0.478 e. The average Bonchev–Trinajstić information content (AvgIpc) is 2.09. The number of carboxylic acids is 1. The lowest BCUT2D eigenvalue weighted by Gasteiger charge is -1.87. The van der Waals surface area contributed by atoms with Crippen LogP contribution in [0.5, 0.6) is 0 Å². The molecule has 3 nitrogen and oxygen atoms in total. The summed E-state index contributed by atoms with van der Waals surface area (Å²) in [6.45, 7) is 3.45. The predicted molar refractivity (Wildman–Crippen MR) is 49.8 cm³/mol. The van der Waals surface area contributed by atoms with Gasteiger partial charge in [0, 0.05) is 12.2 Å². The highest BCUT2D eigenvalue weighted by Gasteiger charge is 1.87. The molecule has 0 heterocycles. The number of carboxylic acid groups (broad SMARTS) is 1. The van der Waals surface area contributed by atoms with Gasteiger partial charge in [0.15, 0.2) is 0 Å². The van der Waals surface area contributed by atoms with E-state index in [2.05, 4.69) is 6.58 Å². The van der Waals surface area contributed by atoms with Crippen molar-refractivity contribution in [2.45, 2.75) is 0 Å². The zero-order valence-electron chi connectivity index (χ0n) is 6.97. The maximum Gasteiger partial charge on any atom is 0.328 e. The first-order valence-electron chi connectivity index (χ1n) is 3.50.